The topological polar surface area (TPSA) is 61.4 Å². The summed E-state index contributed by atoms with van der Waals surface area (Å²) in [5.41, 5.74) is 2.79. The highest BCUT2D eigenvalue weighted by atomic mass is 16.2. The molecule has 5 nitrogen and oxygen atoms in total. The second-order valence-corrected chi connectivity index (χ2v) is 4.95. The fourth-order valence-corrected chi connectivity index (χ4v) is 2.34. The fraction of sp³-hybridized carbons (Fsp3) is 0.467. The number of hydrogen-bond acceptors (Lipinski definition) is 3. The van der Waals surface area contributed by atoms with Crippen molar-refractivity contribution in [3.63, 3.8) is 0 Å². The van der Waals surface area contributed by atoms with Crippen molar-refractivity contribution in [2.75, 3.05) is 31.5 Å². The second-order valence-electron chi connectivity index (χ2n) is 4.95. The summed E-state index contributed by atoms with van der Waals surface area (Å²) in [5, 5.41) is 6.03. The number of aryl methyl sites for hydroxylation is 1. The number of nitrogens with one attached hydrogen (secondary N) is 2. The van der Waals surface area contributed by atoms with Crippen LogP contribution in [0.3, 0.4) is 0 Å². The minimum atomic E-state index is -0.00681. The number of carbonyl (C=O) groups is 2. The van der Waals surface area contributed by atoms with E-state index < -0.39 is 0 Å². The average molecular weight is 275 g/mol. The lowest BCUT2D eigenvalue weighted by Crippen LogP contribution is -2.34. The van der Waals surface area contributed by atoms with Crippen LogP contribution in [0.2, 0.25) is 0 Å². The van der Waals surface area contributed by atoms with Crippen molar-refractivity contribution in [3.8, 4) is 0 Å². The molecule has 2 N–H and O–H groups in total. The lowest BCUT2D eigenvalue weighted by Gasteiger charge is -2.20. The molecule has 0 atom stereocenters. The highest BCUT2D eigenvalue weighted by molar-refractivity contribution is 5.95. The maximum atomic E-state index is 12.4. The van der Waals surface area contributed by atoms with E-state index in [2.05, 4.69) is 10.6 Å². The molecule has 1 fully saturated rings. The Kier molecular flexibility index (Phi) is 4.61. The Morgan fingerprint density at radius 1 is 1.40 bits per heavy atom. The molecule has 1 aromatic carbocycles. The van der Waals surface area contributed by atoms with E-state index in [9.17, 15) is 9.59 Å². The summed E-state index contributed by atoms with van der Waals surface area (Å²) >= 11 is 0. The highest BCUT2D eigenvalue weighted by Crippen LogP contribution is 2.17. The Morgan fingerprint density at radius 2 is 2.20 bits per heavy atom. The van der Waals surface area contributed by atoms with Crippen molar-refractivity contribution in [1.82, 2.24) is 10.2 Å². The molecule has 108 valence electrons. The summed E-state index contributed by atoms with van der Waals surface area (Å²) in [6.45, 7) is 6.46. The van der Waals surface area contributed by atoms with E-state index in [1.807, 2.05) is 32.0 Å². The van der Waals surface area contributed by atoms with E-state index >= 15 is 0 Å². The van der Waals surface area contributed by atoms with Crippen LogP contribution in [0.4, 0.5) is 5.69 Å². The lowest BCUT2D eigenvalue weighted by molar-refractivity contribution is -0.120. The SMILES string of the molecule is CCNc1ccc(C(=O)N2CCNC(=O)CC2)cc1C. The van der Waals surface area contributed by atoms with Gasteiger partial charge in [0.2, 0.25) is 5.91 Å². The first kappa shape index (κ1) is 14.4. The molecule has 2 amide bonds. The number of nitrogens with zero attached hydrogens (tertiary/aromatic N) is 1. The van der Waals surface area contributed by atoms with Gasteiger partial charge in [0, 0.05) is 43.9 Å². The van der Waals surface area contributed by atoms with Gasteiger partial charge < -0.3 is 15.5 Å². The second kappa shape index (κ2) is 6.41. The van der Waals surface area contributed by atoms with E-state index in [0.717, 1.165) is 17.8 Å². The molecule has 0 aliphatic carbocycles. The van der Waals surface area contributed by atoms with Gasteiger partial charge in [-0.05, 0) is 37.6 Å². The summed E-state index contributed by atoms with van der Waals surface area (Å²) in [7, 11) is 0. The third-order valence-corrected chi connectivity index (χ3v) is 3.44. The van der Waals surface area contributed by atoms with Crippen LogP contribution in [-0.2, 0) is 4.79 Å². The molecule has 1 heterocycles. The van der Waals surface area contributed by atoms with Gasteiger partial charge in [0.25, 0.3) is 5.91 Å². The van der Waals surface area contributed by atoms with Crippen LogP contribution in [0.25, 0.3) is 0 Å². The number of amides is 2. The number of rotatable bonds is 3. The van der Waals surface area contributed by atoms with Crippen LogP contribution in [0.1, 0.15) is 29.3 Å². The average Bonchev–Trinajstić information content (AvgIpc) is 2.65. The highest BCUT2D eigenvalue weighted by Gasteiger charge is 2.20. The third kappa shape index (κ3) is 3.29. The van der Waals surface area contributed by atoms with E-state index in [1.165, 1.54) is 0 Å². The van der Waals surface area contributed by atoms with Gasteiger partial charge in [0.15, 0.2) is 0 Å². The van der Waals surface area contributed by atoms with Gasteiger partial charge in [-0.2, -0.15) is 0 Å². The van der Waals surface area contributed by atoms with Gasteiger partial charge >= 0.3 is 0 Å². The van der Waals surface area contributed by atoms with Gasteiger partial charge in [-0.3, -0.25) is 9.59 Å². The van der Waals surface area contributed by atoms with Gasteiger partial charge in [0.05, 0.1) is 0 Å². The predicted octanol–water partition coefficient (Wildman–Crippen LogP) is 1.39. The van der Waals surface area contributed by atoms with E-state index in [-0.39, 0.29) is 11.8 Å². The van der Waals surface area contributed by atoms with Crippen molar-refractivity contribution >= 4 is 17.5 Å². The molecule has 0 bridgehead atoms. The zero-order valence-electron chi connectivity index (χ0n) is 12.0. The van der Waals surface area contributed by atoms with E-state index in [0.29, 0.717) is 31.6 Å². The summed E-state index contributed by atoms with van der Waals surface area (Å²) in [4.78, 5) is 25.5. The van der Waals surface area contributed by atoms with Crippen molar-refractivity contribution in [2.45, 2.75) is 20.3 Å². The fourth-order valence-electron chi connectivity index (χ4n) is 2.34. The van der Waals surface area contributed by atoms with Gasteiger partial charge in [-0.1, -0.05) is 0 Å². The standard InChI is InChI=1S/C15H21N3O2/c1-3-16-13-5-4-12(10-11(13)2)15(20)18-8-6-14(19)17-7-9-18/h4-5,10,16H,3,6-9H2,1-2H3,(H,17,19). The van der Waals surface area contributed by atoms with Gasteiger partial charge in [0.1, 0.15) is 0 Å². The molecule has 0 radical (unpaired) electrons. The number of benzene rings is 1. The lowest BCUT2D eigenvalue weighted by atomic mass is 10.1. The van der Waals surface area contributed by atoms with Crippen molar-refractivity contribution in [2.24, 2.45) is 0 Å². The smallest absolute Gasteiger partial charge is 0.253 e. The molecule has 0 aromatic heterocycles. The summed E-state index contributed by atoms with van der Waals surface area (Å²) < 4.78 is 0. The van der Waals surface area contributed by atoms with Crippen molar-refractivity contribution in [1.29, 1.82) is 0 Å². The zero-order chi connectivity index (χ0) is 14.5. The molecular formula is C15H21N3O2. The van der Waals surface area contributed by atoms with Crippen LogP contribution in [0.15, 0.2) is 18.2 Å². The van der Waals surface area contributed by atoms with Crippen LogP contribution < -0.4 is 10.6 Å². The summed E-state index contributed by atoms with van der Waals surface area (Å²) in [6, 6.07) is 5.68. The quantitative estimate of drug-likeness (QED) is 0.876. The van der Waals surface area contributed by atoms with Crippen LogP contribution in [0, 0.1) is 6.92 Å². The maximum absolute atomic E-state index is 12.4. The molecule has 20 heavy (non-hydrogen) atoms. The Balaban J connectivity index is 2.12. The molecule has 0 saturated carbocycles. The Morgan fingerprint density at radius 3 is 2.90 bits per heavy atom. The third-order valence-electron chi connectivity index (χ3n) is 3.44. The number of anilines is 1. The largest absolute Gasteiger partial charge is 0.385 e. The molecule has 1 aromatic rings. The molecule has 0 unspecified atom stereocenters. The Hall–Kier alpha value is -2.04. The Labute approximate surface area is 119 Å². The maximum Gasteiger partial charge on any atom is 0.253 e. The number of carbonyl (C=O) groups excluding carboxylic acids is 2. The molecule has 1 aliphatic rings. The summed E-state index contributed by atoms with van der Waals surface area (Å²) in [6.07, 6.45) is 0.375. The van der Waals surface area contributed by atoms with E-state index in [4.69, 9.17) is 0 Å². The molecule has 2 rings (SSSR count). The first-order valence-corrected chi connectivity index (χ1v) is 7.02. The molecule has 5 heteroatoms. The normalized spacial score (nSPS) is 15.5. The van der Waals surface area contributed by atoms with Crippen LogP contribution >= 0.6 is 0 Å². The zero-order valence-corrected chi connectivity index (χ0v) is 12.0. The van der Waals surface area contributed by atoms with Crippen LogP contribution in [0.5, 0.6) is 0 Å². The molecule has 1 saturated heterocycles. The van der Waals surface area contributed by atoms with Crippen LogP contribution in [-0.4, -0.2) is 42.9 Å². The van der Waals surface area contributed by atoms with Gasteiger partial charge in [-0.15, -0.1) is 0 Å². The van der Waals surface area contributed by atoms with Crippen molar-refractivity contribution < 1.29 is 9.59 Å². The molecular weight excluding hydrogens is 254 g/mol. The van der Waals surface area contributed by atoms with E-state index in [1.54, 1.807) is 4.90 Å². The number of hydrogen-bond donors (Lipinski definition) is 2. The first-order valence-electron chi connectivity index (χ1n) is 7.02. The minimum Gasteiger partial charge on any atom is -0.385 e. The Bertz CT molecular complexity index is 514. The van der Waals surface area contributed by atoms with Crippen molar-refractivity contribution in [3.05, 3.63) is 29.3 Å². The molecule has 0 spiro atoms. The monoisotopic (exact) mass is 275 g/mol. The first-order chi connectivity index (χ1) is 9.61. The summed E-state index contributed by atoms with van der Waals surface area (Å²) in [5.74, 6) is 0.00613. The predicted molar refractivity (Wildman–Crippen MR) is 78.9 cm³/mol. The molecule has 1 aliphatic heterocycles. The van der Waals surface area contributed by atoms with Gasteiger partial charge in [-0.25, -0.2) is 0 Å². The minimum absolute atomic E-state index is 0.00681.